The highest BCUT2D eigenvalue weighted by molar-refractivity contribution is 6.35. The summed E-state index contributed by atoms with van der Waals surface area (Å²) >= 11 is 12.1. The molecule has 3 aromatic carbocycles. The number of hydrogen-bond donors (Lipinski definition) is 3. The molecule has 2 amide bonds. The first kappa shape index (κ1) is 28.5. The Morgan fingerprint density at radius 2 is 1.68 bits per heavy atom. The SMILES string of the molecule is CN(C)CCCNCCC(CNC(=O)Nc1cc(Cl)cc(Cl)c1)c1cccc(-c2cccc(C#N)c2)c1. The average Bonchev–Trinajstić information content (AvgIpc) is 2.87. The molecule has 0 fully saturated rings. The van der Waals surface area contributed by atoms with Gasteiger partial charge in [-0.2, -0.15) is 5.26 Å². The molecule has 0 aliphatic rings. The Labute approximate surface area is 229 Å². The van der Waals surface area contributed by atoms with Crippen LogP contribution < -0.4 is 16.0 Å². The maximum Gasteiger partial charge on any atom is 0.319 e. The third-order valence-corrected chi connectivity index (χ3v) is 6.38. The van der Waals surface area contributed by atoms with Crippen LogP contribution in [0.1, 0.15) is 29.9 Å². The number of benzene rings is 3. The molecule has 194 valence electrons. The normalized spacial score (nSPS) is 11.7. The number of halogens is 2. The molecule has 0 saturated carbocycles. The van der Waals surface area contributed by atoms with Gasteiger partial charge >= 0.3 is 6.03 Å². The standard InChI is InChI=1S/C29H33Cl2N5O/c1-36(2)13-5-11-33-12-10-25(20-34-29(37)35-28-17-26(30)16-27(31)18-28)24-9-4-8-23(15-24)22-7-3-6-21(14-22)19-32/h3-4,6-9,14-18,25,33H,5,10-13,20H2,1-2H3,(H2,34,35,37). The fourth-order valence-electron chi connectivity index (χ4n) is 4.07. The van der Waals surface area contributed by atoms with E-state index in [1.807, 2.05) is 30.3 Å². The van der Waals surface area contributed by atoms with Crippen LogP contribution in [-0.2, 0) is 0 Å². The summed E-state index contributed by atoms with van der Waals surface area (Å²) in [6, 6.07) is 22.7. The van der Waals surface area contributed by atoms with E-state index < -0.39 is 0 Å². The summed E-state index contributed by atoms with van der Waals surface area (Å²) in [6.45, 7) is 3.27. The lowest BCUT2D eigenvalue weighted by atomic mass is 9.92. The molecular weight excluding hydrogens is 505 g/mol. The molecule has 0 aliphatic heterocycles. The number of carbonyl (C=O) groups excluding carboxylic acids is 1. The molecule has 0 radical (unpaired) electrons. The summed E-state index contributed by atoms with van der Waals surface area (Å²) in [5, 5.41) is 19.5. The number of urea groups is 1. The van der Waals surface area contributed by atoms with E-state index in [1.54, 1.807) is 24.3 Å². The Morgan fingerprint density at radius 1 is 0.973 bits per heavy atom. The van der Waals surface area contributed by atoms with Crippen molar-refractivity contribution < 1.29 is 4.79 Å². The predicted octanol–water partition coefficient (Wildman–Crippen LogP) is 6.37. The summed E-state index contributed by atoms with van der Waals surface area (Å²) < 4.78 is 0. The summed E-state index contributed by atoms with van der Waals surface area (Å²) in [7, 11) is 4.15. The highest BCUT2D eigenvalue weighted by atomic mass is 35.5. The van der Waals surface area contributed by atoms with Crippen molar-refractivity contribution in [3.8, 4) is 17.2 Å². The maximum absolute atomic E-state index is 12.6. The molecule has 8 heteroatoms. The number of nitriles is 1. The predicted molar refractivity (Wildman–Crippen MR) is 153 cm³/mol. The van der Waals surface area contributed by atoms with E-state index in [0.717, 1.165) is 49.2 Å². The second-order valence-corrected chi connectivity index (χ2v) is 10.1. The topological polar surface area (TPSA) is 80.2 Å². The minimum Gasteiger partial charge on any atom is -0.337 e. The molecule has 3 aromatic rings. The van der Waals surface area contributed by atoms with Crippen molar-refractivity contribution in [3.63, 3.8) is 0 Å². The number of amides is 2. The van der Waals surface area contributed by atoms with E-state index in [0.29, 0.717) is 27.8 Å². The lowest BCUT2D eigenvalue weighted by Crippen LogP contribution is -2.33. The number of hydrogen-bond acceptors (Lipinski definition) is 4. The zero-order chi connectivity index (χ0) is 26.6. The van der Waals surface area contributed by atoms with Gasteiger partial charge in [0, 0.05) is 28.2 Å². The Kier molecular flexibility index (Phi) is 11.2. The Morgan fingerprint density at radius 3 is 2.38 bits per heavy atom. The molecule has 3 rings (SSSR count). The second kappa shape index (κ2) is 14.6. The van der Waals surface area contributed by atoms with E-state index in [-0.39, 0.29) is 11.9 Å². The monoisotopic (exact) mass is 537 g/mol. The molecule has 0 spiro atoms. The van der Waals surface area contributed by atoms with Gasteiger partial charge in [-0.1, -0.05) is 59.6 Å². The molecule has 0 saturated heterocycles. The maximum atomic E-state index is 12.6. The highest BCUT2D eigenvalue weighted by Crippen LogP contribution is 2.27. The van der Waals surface area contributed by atoms with Crippen LogP contribution in [0, 0.1) is 11.3 Å². The molecule has 0 aromatic heterocycles. The van der Waals surface area contributed by atoms with Crippen LogP contribution in [0.2, 0.25) is 10.0 Å². The van der Waals surface area contributed by atoms with Gasteiger partial charge in [0.05, 0.1) is 11.6 Å². The van der Waals surface area contributed by atoms with Crippen molar-refractivity contribution in [2.24, 2.45) is 0 Å². The molecule has 37 heavy (non-hydrogen) atoms. The number of anilines is 1. The van der Waals surface area contributed by atoms with Gasteiger partial charge in [0.1, 0.15) is 0 Å². The molecule has 1 atom stereocenters. The minimum atomic E-state index is -0.319. The quantitative estimate of drug-likeness (QED) is 0.234. The second-order valence-electron chi connectivity index (χ2n) is 9.20. The van der Waals surface area contributed by atoms with E-state index in [2.05, 4.69) is 53.1 Å². The molecule has 6 nitrogen and oxygen atoms in total. The van der Waals surface area contributed by atoms with E-state index in [1.165, 1.54) is 0 Å². The van der Waals surface area contributed by atoms with Crippen molar-refractivity contribution in [1.29, 1.82) is 5.26 Å². The minimum absolute atomic E-state index is 0.0918. The van der Waals surface area contributed by atoms with Gasteiger partial charge in [0.25, 0.3) is 0 Å². The summed E-state index contributed by atoms with van der Waals surface area (Å²) in [5.41, 5.74) is 4.32. The van der Waals surface area contributed by atoms with Crippen LogP contribution in [0.4, 0.5) is 10.5 Å². The average molecular weight is 539 g/mol. The van der Waals surface area contributed by atoms with Crippen LogP contribution in [-0.4, -0.2) is 51.2 Å². The Hall–Kier alpha value is -3.08. The van der Waals surface area contributed by atoms with Crippen molar-refractivity contribution >= 4 is 34.9 Å². The number of carbonyl (C=O) groups is 1. The molecule has 0 bridgehead atoms. The van der Waals surface area contributed by atoms with E-state index in [9.17, 15) is 10.1 Å². The smallest absolute Gasteiger partial charge is 0.319 e. The largest absolute Gasteiger partial charge is 0.337 e. The first-order valence-corrected chi connectivity index (χ1v) is 13.1. The lowest BCUT2D eigenvalue weighted by Gasteiger charge is -2.20. The number of nitrogens with one attached hydrogen (secondary N) is 3. The fraction of sp³-hybridized carbons (Fsp3) is 0.310. The van der Waals surface area contributed by atoms with Crippen LogP contribution in [0.3, 0.4) is 0 Å². The van der Waals surface area contributed by atoms with E-state index in [4.69, 9.17) is 23.2 Å². The zero-order valence-electron chi connectivity index (χ0n) is 21.2. The van der Waals surface area contributed by atoms with Crippen LogP contribution in [0.25, 0.3) is 11.1 Å². The molecule has 3 N–H and O–H groups in total. The van der Waals surface area contributed by atoms with Gasteiger partial charge in [-0.3, -0.25) is 0 Å². The molecule has 1 unspecified atom stereocenters. The third-order valence-electron chi connectivity index (χ3n) is 5.94. The molecule has 0 heterocycles. The third kappa shape index (κ3) is 9.71. The van der Waals surface area contributed by atoms with Gasteiger partial charge in [-0.05, 0) is 93.6 Å². The zero-order valence-corrected chi connectivity index (χ0v) is 22.7. The van der Waals surface area contributed by atoms with Crippen LogP contribution >= 0.6 is 23.2 Å². The van der Waals surface area contributed by atoms with Crippen LogP contribution in [0.5, 0.6) is 0 Å². The van der Waals surface area contributed by atoms with E-state index >= 15 is 0 Å². The van der Waals surface area contributed by atoms with Crippen molar-refractivity contribution in [2.45, 2.75) is 18.8 Å². The highest BCUT2D eigenvalue weighted by Gasteiger charge is 2.15. The summed E-state index contributed by atoms with van der Waals surface area (Å²) in [5.74, 6) is 0.0918. The van der Waals surface area contributed by atoms with Gasteiger partial charge < -0.3 is 20.9 Å². The first-order chi connectivity index (χ1) is 17.8. The Bertz CT molecular complexity index is 1200. The molecular formula is C29H33Cl2N5O. The van der Waals surface area contributed by atoms with Gasteiger partial charge in [-0.25, -0.2) is 4.79 Å². The fourth-order valence-corrected chi connectivity index (χ4v) is 4.59. The number of rotatable bonds is 12. The van der Waals surface area contributed by atoms with Gasteiger partial charge in [0.15, 0.2) is 0 Å². The van der Waals surface area contributed by atoms with Crippen molar-refractivity contribution in [2.75, 3.05) is 45.6 Å². The summed E-state index contributed by atoms with van der Waals surface area (Å²) in [6.07, 6.45) is 1.93. The van der Waals surface area contributed by atoms with Gasteiger partial charge in [0.2, 0.25) is 0 Å². The van der Waals surface area contributed by atoms with Crippen LogP contribution in [0.15, 0.2) is 66.7 Å². The lowest BCUT2D eigenvalue weighted by molar-refractivity contribution is 0.251. The Balaban J connectivity index is 1.69. The number of nitrogens with zero attached hydrogens (tertiary/aromatic N) is 2. The van der Waals surface area contributed by atoms with Crippen molar-refractivity contribution in [1.82, 2.24) is 15.5 Å². The summed E-state index contributed by atoms with van der Waals surface area (Å²) in [4.78, 5) is 14.8. The first-order valence-electron chi connectivity index (χ1n) is 12.3. The molecule has 0 aliphatic carbocycles. The van der Waals surface area contributed by atoms with Gasteiger partial charge in [-0.15, -0.1) is 0 Å². The van der Waals surface area contributed by atoms with Crippen molar-refractivity contribution in [3.05, 3.63) is 87.9 Å².